The lowest BCUT2D eigenvalue weighted by molar-refractivity contribution is 0.340. The van der Waals surface area contributed by atoms with Gasteiger partial charge in [-0.25, -0.2) is 0 Å². The monoisotopic (exact) mass is 178 g/mol. The number of hydrogen-bond donors (Lipinski definition) is 0. The molecule has 13 heavy (non-hydrogen) atoms. The Kier molecular flexibility index (Phi) is 4.37. The fourth-order valence-corrected chi connectivity index (χ4v) is 0.850. The minimum absolute atomic E-state index is 0.740. The predicted octanol–water partition coefficient (Wildman–Crippen LogP) is 3.50. The van der Waals surface area contributed by atoms with E-state index in [0.717, 1.165) is 18.3 Å². The molecular weight excluding hydrogens is 160 g/mol. The molecule has 0 amide bonds. The van der Waals surface area contributed by atoms with Crippen molar-refractivity contribution in [3.8, 4) is 5.75 Å². The van der Waals surface area contributed by atoms with Crippen LogP contribution in [0.5, 0.6) is 5.75 Å². The Labute approximate surface area is 80.7 Å². The first-order valence-electron chi connectivity index (χ1n) is 5.00. The molecule has 1 aromatic rings. The highest BCUT2D eigenvalue weighted by atomic mass is 16.5. The van der Waals surface area contributed by atoms with Gasteiger partial charge in [0.2, 0.25) is 0 Å². The van der Waals surface area contributed by atoms with Crippen molar-refractivity contribution in [3.63, 3.8) is 0 Å². The Hall–Kier alpha value is -0.980. The molecule has 0 heterocycles. The van der Waals surface area contributed by atoms with Crippen LogP contribution in [0.3, 0.4) is 0 Å². The van der Waals surface area contributed by atoms with Crippen LogP contribution in [0.4, 0.5) is 0 Å². The van der Waals surface area contributed by atoms with E-state index in [1.165, 1.54) is 12.8 Å². The van der Waals surface area contributed by atoms with Gasteiger partial charge in [0.1, 0.15) is 5.75 Å². The van der Waals surface area contributed by atoms with Gasteiger partial charge in [0.05, 0.1) is 6.61 Å². The van der Waals surface area contributed by atoms with E-state index in [0.29, 0.717) is 0 Å². The molecule has 1 aromatic carbocycles. The van der Waals surface area contributed by atoms with Crippen LogP contribution in [0, 0.1) is 5.92 Å². The summed E-state index contributed by atoms with van der Waals surface area (Å²) in [6.45, 7) is 5.00. The number of ether oxygens (including phenoxy) is 1. The van der Waals surface area contributed by atoms with Crippen molar-refractivity contribution in [1.82, 2.24) is 0 Å². The summed E-state index contributed by atoms with van der Waals surface area (Å²) in [4.78, 5) is 0. The number of hydrogen-bond acceptors (Lipinski definition) is 1. The van der Waals surface area contributed by atoms with Gasteiger partial charge in [0.15, 0.2) is 0 Å². The van der Waals surface area contributed by atoms with Crippen LogP contribution in [0.1, 0.15) is 26.7 Å². The summed E-state index contributed by atoms with van der Waals surface area (Å²) in [6.07, 6.45) is 2.97. The third kappa shape index (κ3) is 5.29. The zero-order valence-corrected chi connectivity index (χ0v) is 8.49. The van der Waals surface area contributed by atoms with Gasteiger partial charge < -0.3 is 4.74 Å². The number of para-hydroxylation sites is 1. The first-order chi connectivity index (χ1) is 6.33. The molecule has 1 nitrogen and oxygen atoms in total. The van der Waals surface area contributed by atoms with E-state index in [1.54, 1.807) is 0 Å². The van der Waals surface area contributed by atoms with Crippen LogP contribution in [-0.4, -0.2) is 6.61 Å². The van der Waals surface area contributed by atoms with E-state index in [4.69, 9.17) is 4.74 Å². The average molecular weight is 178 g/mol. The third-order valence-electron chi connectivity index (χ3n) is 1.92. The minimum Gasteiger partial charge on any atom is -0.494 e. The molecular formula is C12H18O. The lowest BCUT2D eigenvalue weighted by atomic mass is 10.3. The van der Waals surface area contributed by atoms with Crippen molar-refractivity contribution in [2.24, 2.45) is 5.92 Å². The van der Waals surface area contributed by atoms with Crippen molar-refractivity contribution in [2.75, 3.05) is 6.61 Å². The van der Waals surface area contributed by atoms with Crippen LogP contribution in [0.2, 0.25) is 0 Å². The second-order valence-corrected chi connectivity index (χ2v) is 3.43. The zero-order valence-electron chi connectivity index (χ0n) is 8.49. The Balaban J connectivity index is 0.000000175. The SMILES string of the molecule is CC1CC1.CCOc1ccccc1. The van der Waals surface area contributed by atoms with E-state index in [1.807, 2.05) is 37.3 Å². The van der Waals surface area contributed by atoms with Crippen LogP contribution in [0.25, 0.3) is 0 Å². The van der Waals surface area contributed by atoms with Crippen LogP contribution >= 0.6 is 0 Å². The fourth-order valence-electron chi connectivity index (χ4n) is 0.850. The van der Waals surface area contributed by atoms with Gasteiger partial charge in [-0.1, -0.05) is 38.0 Å². The third-order valence-corrected chi connectivity index (χ3v) is 1.92. The highest BCUT2D eigenvalue weighted by molar-refractivity contribution is 5.20. The molecule has 1 saturated carbocycles. The second kappa shape index (κ2) is 5.63. The molecule has 0 aliphatic heterocycles. The van der Waals surface area contributed by atoms with Crippen LogP contribution in [-0.2, 0) is 0 Å². The summed E-state index contributed by atoms with van der Waals surface area (Å²) in [6, 6.07) is 9.80. The van der Waals surface area contributed by atoms with Crippen molar-refractivity contribution < 1.29 is 4.74 Å². The van der Waals surface area contributed by atoms with Crippen LogP contribution in [0.15, 0.2) is 30.3 Å². The smallest absolute Gasteiger partial charge is 0.119 e. The van der Waals surface area contributed by atoms with Crippen molar-refractivity contribution in [2.45, 2.75) is 26.7 Å². The second-order valence-electron chi connectivity index (χ2n) is 3.43. The summed E-state index contributed by atoms with van der Waals surface area (Å²) in [5.74, 6) is 2.03. The predicted molar refractivity (Wildman–Crippen MR) is 56.0 cm³/mol. The molecule has 0 radical (unpaired) electrons. The van der Waals surface area contributed by atoms with E-state index < -0.39 is 0 Å². The van der Waals surface area contributed by atoms with Crippen molar-refractivity contribution >= 4 is 0 Å². The summed E-state index contributed by atoms with van der Waals surface area (Å²) in [5, 5.41) is 0. The van der Waals surface area contributed by atoms with Gasteiger partial charge >= 0.3 is 0 Å². The van der Waals surface area contributed by atoms with Gasteiger partial charge in [-0.2, -0.15) is 0 Å². The Morgan fingerprint density at radius 3 is 2.15 bits per heavy atom. The Morgan fingerprint density at radius 2 is 1.77 bits per heavy atom. The molecule has 1 aliphatic carbocycles. The van der Waals surface area contributed by atoms with Crippen molar-refractivity contribution in [3.05, 3.63) is 30.3 Å². The molecule has 2 rings (SSSR count). The van der Waals surface area contributed by atoms with Gasteiger partial charge in [0, 0.05) is 0 Å². The highest BCUT2D eigenvalue weighted by Crippen LogP contribution is 2.26. The lowest BCUT2D eigenvalue weighted by Crippen LogP contribution is -1.89. The summed E-state index contributed by atoms with van der Waals surface area (Å²) in [5.41, 5.74) is 0. The summed E-state index contributed by atoms with van der Waals surface area (Å²) >= 11 is 0. The molecule has 0 unspecified atom stereocenters. The van der Waals surface area contributed by atoms with E-state index in [9.17, 15) is 0 Å². The lowest BCUT2D eigenvalue weighted by Gasteiger charge is -1.99. The molecule has 1 heteroatoms. The zero-order chi connectivity index (χ0) is 9.52. The highest BCUT2D eigenvalue weighted by Gasteiger charge is 2.12. The molecule has 0 N–H and O–H groups in total. The first-order valence-corrected chi connectivity index (χ1v) is 5.00. The molecule has 0 atom stereocenters. The Morgan fingerprint density at radius 1 is 1.23 bits per heavy atom. The number of rotatable bonds is 2. The molecule has 0 aromatic heterocycles. The average Bonchev–Trinajstić information content (AvgIpc) is 2.91. The normalized spacial score (nSPS) is 14.3. The largest absolute Gasteiger partial charge is 0.494 e. The molecule has 72 valence electrons. The van der Waals surface area contributed by atoms with Gasteiger partial charge in [-0.05, 0) is 25.0 Å². The molecule has 1 fully saturated rings. The maximum atomic E-state index is 5.21. The van der Waals surface area contributed by atoms with Gasteiger partial charge in [-0.3, -0.25) is 0 Å². The maximum absolute atomic E-state index is 5.21. The Bertz CT molecular complexity index is 214. The summed E-state index contributed by atoms with van der Waals surface area (Å²) < 4.78 is 5.21. The van der Waals surface area contributed by atoms with Gasteiger partial charge in [0.25, 0.3) is 0 Å². The standard InChI is InChI=1S/C8H10O.C4H8/c1-2-9-8-6-4-3-5-7-8;1-4-2-3-4/h3-7H,2H2,1H3;4H,2-3H2,1H3. The molecule has 0 spiro atoms. The van der Waals surface area contributed by atoms with Crippen molar-refractivity contribution in [1.29, 1.82) is 0 Å². The quantitative estimate of drug-likeness (QED) is 0.673. The van der Waals surface area contributed by atoms with E-state index in [-0.39, 0.29) is 0 Å². The van der Waals surface area contributed by atoms with Crippen LogP contribution < -0.4 is 4.74 Å². The first kappa shape index (κ1) is 10.1. The molecule has 1 aliphatic rings. The van der Waals surface area contributed by atoms with E-state index in [2.05, 4.69) is 6.92 Å². The fraction of sp³-hybridized carbons (Fsp3) is 0.500. The molecule has 0 saturated heterocycles. The maximum Gasteiger partial charge on any atom is 0.119 e. The minimum atomic E-state index is 0.740. The van der Waals surface area contributed by atoms with E-state index >= 15 is 0 Å². The number of benzene rings is 1. The summed E-state index contributed by atoms with van der Waals surface area (Å²) in [7, 11) is 0. The molecule has 0 bridgehead atoms. The topological polar surface area (TPSA) is 9.23 Å². The van der Waals surface area contributed by atoms with Gasteiger partial charge in [-0.15, -0.1) is 0 Å².